The van der Waals surface area contributed by atoms with Gasteiger partial charge in [-0.05, 0) is 26.0 Å². The summed E-state index contributed by atoms with van der Waals surface area (Å²) in [5.41, 5.74) is 2.61. The van der Waals surface area contributed by atoms with E-state index in [4.69, 9.17) is 9.47 Å². The number of ether oxygens (including phenoxy) is 2. The summed E-state index contributed by atoms with van der Waals surface area (Å²) in [6.45, 7) is 3.94. The van der Waals surface area contributed by atoms with Crippen LogP contribution in [0.1, 0.15) is 17.0 Å². The standard InChI is InChI=1S/C15H21N3O4S/c1-10-13(11(2)18(3)17-10)9-16-23(19,20)12-6-7-14(21-4)15(8-12)22-5/h6-8,16H,9H2,1-5H3. The molecule has 1 heterocycles. The third-order valence-electron chi connectivity index (χ3n) is 3.76. The van der Waals surface area contributed by atoms with Crippen molar-refractivity contribution in [3.05, 3.63) is 35.2 Å². The van der Waals surface area contributed by atoms with Crippen molar-refractivity contribution in [3.63, 3.8) is 0 Å². The van der Waals surface area contributed by atoms with Gasteiger partial charge in [0.05, 0.1) is 24.8 Å². The molecule has 2 aromatic rings. The fraction of sp³-hybridized carbons (Fsp3) is 0.400. The molecule has 1 N–H and O–H groups in total. The number of aryl methyl sites for hydroxylation is 2. The molecule has 0 aliphatic heterocycles. The van der Waals surface area contributed by atoms with Gasteiger partial charge < -0.3 is 9.47 Å². The smallest absolute Gasteiger partial charge is 0.241 e. The lowest BCUT2D eigenvalue weighted by molar-refractivity contribution is 0.354. The van der Waals surface area contributed by atoms with E-state index in [9.17, 15) is 8.42 Å². The monoisotopic (exact) mass is 339 g/mol. The quantitative estimate of drug-likeness (QED) is 0.863. The fourth-order valence-electron chi connectivity index (χ4n) is 2.31. The molecular formula is C15H21N3O4S. The highest BCUT2D eigenvalue weighted by Gasteiger charge is 2.18. The lowest BCUT2D eigenvalue weighted by Gasteiger charge is -2.11. The Kier molecular flexibility index (Phi) is 4.96. The van der Waals surface area contributed by atoms with E-state index < -0.39 is 10.0 Å². The van der Waals surface area contributed by atoms with Gasteiger partial charge in [-0.2, -0.15) is 5.10 Å². The van der Waals surface area contributed by atoms with Crippen LogP contribution in [0, 0.1) is 13.8 Å². The van der Waals surface area contributed by atoms with Gasteiger partial charge >= 0.3 is 0 Å². The van der Waals surface area contributed by atoms with Crippen LogP contribution in [0.5, 0.6) is 11.5 Å². The van der Waals surface area contributed by atoms with Crippen LogP contribution < -0.4 is 14.2 Å². The van der Waals surface area contributed by atoms with Crippen LogP contribution in [-0.2, 0) is 23.6 Å². The Balaban J connectivity index is 2.25. The van der Waals surface area contributed by atoms with Crippen LogP contribution >= 0.6 is 0 Å². The Labute approximate surface area is 136 Å². The normalized spacial score (nSPS) is 11.5. The van der Waals surface area contributed by atoms with Crippen LogP contribution in [0.2, 0.25) is 0 Å². The zero-order valence-corrected chi connectivity index (χ0v) is 14.7. The van der Waals surface area contributed by atoms with Crippen molar-refractivity contribution < 1.29 is 17.9 Å². The number of benzene rings is 1. The van der Waals surface area contributed by atoms with Crippen molar-refractivity contribution in [1.29, 1.82) is 0 Å². The summed E-state index contributed by atoms with van der Waals surface area (Å²) in [4.78, 5) is 0.120. The number of hydrogen-bond donors (Lipinski definition) is 1. The van der Waals surface area contributed by atoms with Gasteiger partial charge in [0, 0.05) is 30.9 Å². The summed E-state index contributed by atoms with van der Waals surface area (Å²) in [5, 5.41) is 4.28. The van der Waals surface area contributed by atoms with Gasteiger partial charge in [-0.15, -0.1) is 0 Å². The van der Waals surface area contributed by atoms with E-state index in [-0.39, 0.29) is 11.4 Å². The first-order chi connectivity index (χ1) is 10.8. The number of hydrogen-bond acceptors (Lipinski definition) is 5. The Morgan fingerprint density at radius 3 is 2.35 bits per heavy atom. The lowest BCUT2D eigenvalue weighted by atomic mass is 10.2. The minimum atomic E-state index is -3.66. The van der Waals surface area contributed by atoms with Crippen molar-refractivity contribution in [2.45, 2.75) is 25.3 Å². The molecule has 1 aromatic heterocycles. The minimum Gasteiger partial charge on any atom is -0.493 e. The Bertz CT molecular complexity index is 812. The van der Waals surface area contributed by atoms with Crippen LogP contribution in [0.3, 0.4) is 0 Å². The van der Waals surface area contributed by atoms with E-state index in [1.807, 2.05) is 20.9 Å². The van der Waals surface area contributed by atoms with Crippen LogP contribution in [0.4, 0.5) is 0 Å². The van der Waals surface area contributed by atoms with E-state index in [1.165, 1.54) is 26.4 Å². The maximum absolute atomic E-state index is 12.5. The lowest BCUT2D eigenvalue weighted by Crippen LogP contribution is -2.24. The van der Waals surface area contributed by atoms with Crippen LogP contribution in [0.15, 0.2) is 23.1 Å². The first-order valence-electron chi connectivity index (χ1n) is 7.01. The second kappa shape index (κ2) is 6.59. The molecule has 0 aliphatic carbocycles. The molecule has 0 bridgehead atoms. The number of methoxy groups -OCH3 is 2. The van der Waals surface area contributed by atoms with E-state index in [2.05, 4.69) is 9.82 Å². The molecule has 0 spiro atoms. The van der Waals surface area contributed by atoms with Crippen molar-refractivity contribution in [2.24, 2.45) is 7.05 Å². The van der Waals surface area contributed by atoms with E-state index in [0.717, 1.165) is 17.0 Å². The summed E-state index contributed by atoms with van der Waals surface area (Å²) in [6.07, 6.45) is 0. The van der Waals surface area contributed by atoms with Crippen LogP contribution in [0.25, 0.3) is 0 Å². The second-order valence-corrected chi connectivity index (χ2v) is 6.88. The molecule has 0 fully saturated rings. The van der Waals surface area contributed by atoms with Gasteiger partial charge in [-0.25, -0.2) is 13.1 Å². The molecule has 0 radical (unpaired) electrons. The largest absolute Gasteiger partial charge is 0.493 e. The van der Waals surface area contributed by atoms with Crippen molar-refractivity contribution in [1.82, 2.24) is 14.5 Å². The van der Waals surface area contributed by atoms with E-state index in [1.54, 1.807) is 10.7 Å². The summed E-state index contributed by atoms with van der Waals surface area (Å²) in [7, 11) is 1.13. The van der Waals surface area contributed by atoms with Gasteiger partial charge in [0.2, 0.25) is 10.0 Å². The molecule has 0 aliphatic rings. The Morgan fingerprint density at radius 2 is 1.83 bits per heavy atom. The zero-order valence-electron chi connectivity index (χ0n) is 13.9. The number of aromatic nitrogens is 2. The molecule has 0 amide bonds. The summed E-state index contributed by atoms with van der Waals surface area (Å²) in [5.74, 6) is 0.842. The summed E-state index contributed by atoms with van der Waals surface area (Å²) < 4.78 is 39.5. The highest BCUT2D eigenvalue weighted by Crippen LogP contribution is 2.29. The maximum Gasteiger partial charge on any atom is 0.241 e. The number of rotatable bonds is 6. The molecule has 7 nitrogen and oxygen atoms in total. The molecular weight excluding hydrogens is 318 g/mol. The van der Waals surface area contributed by atoms with Crippen molar-refractivity contribution in [3.8, 4) is 11.5 Å². The highest BCUT2D eigenvalue weighted by molar-refractivity contribution is 7.89. The third-order valence-corrected chi connectivity index (χ3v) is 5.16. The molecule has 0 saturated carbocycles. The maximum atomic E-state index is 12.5. The zero-order chi connectivity index (χ0) is 17.2. The Morgan fingerprint density at radius 1 is 1.17 bits per heavy atom. The molecule has 0 saturated heterocycles. The highest BCUT2D eigenvalue weighted by atomic mass is 32.2. The molecule has 2 rings (SSSR count). The first kappa shape index (κ1) is 17.3. The molecule has 8 heteroatoms. The average Bonchev–Trinajstić information content (AvgIpc) is 2.77. The molecule has 126 valence electrons. The predicted molar refractivity (Wildman–Crippen MR) is 86.3 cm³/mol. The number of nitrogens with one attached hydrogen (secondary N) is 1. The third kappa shape index (κ3) is 3.48. The number of nitrogens with zero attached hydrogens (tertiary/aromatic N) is 2. The summed E-state index contributed by atoms with van der Waals surface area (Å²) in [6, 6.07) is 4.48. The number of sulfonamides is 1. The molecule has 23 heavy (non-hydrogen) atoms. The molecule has 0 atom stereocenters. The van der Waals surface area contributed by atoms with Gasteiger partial charge in [-0.3, -0.25) is 4.68 Å². The van der Waals surface area contributed by atoms with Gasteiger partial charge in [-0.1, -0.05) is 0 Å². The van der Waals surface area contributed by atoms with E-state index in [0.29, 0.717) is 11.5 Å². The molecule has 0 unspecified atom stereocenters. The second-order valence-electron chi connectivity index (χ2n) is 5.11. The van der Waals surface area contributed by atoms with Crippen molar-refractivity contribution in [2.75, 3.05) is 14.2 Å². The Hall–Kier alpha value is -2.06. The first-order valence-corrected chi connectivity index (χ1v) is 8.49. The van der Waals surface area contributed by atoms with Gasteiger partial charge in [0.15, 0.2) is 11.5 Å². The summed E-state index contributed by atoms with van der Waals surface area (Å²) >= 11 is 0. The van der Waals surface area contributed by atoms with Gasteiger partial charge in [0.25, 0.3) is 0 Å². The average molecular weight is 339 g/mol. The fourth-order valence-corrected chi connectivity index (χ4v) is 3.32. The predicted octanol–water partition coefficient (Wildman–Crippen LogP) is 1.53. The van der Waals surface area contributed by atoms with Crippen LogP contribution in [-0.4, -0.2) is 32.4 Å². The van der Waals surface area contributed by atoms with Gasteiger partial charge in [0.1, 0.15) is 0 Å². The topological polar surface area (TPSA) is 82.5 Å². The molecule has 1 aromatic carbocycles. The van der Waals surface area contributed by atoms with Crippen molar-refractivity contribution >= 4 is 10.0 Å². The minimum absolute atomic E-state index is 0.120. The van der Waals surface area contributed by atoms with E-state index >= 15 is 0 Å². The SMILES string of the molecule is COc1ccc(S(=O)(=O)NCc2c(C)nn(C)c2C)cc1OC.